The van der Waals surface area contributed by atoms with Crippen LogP contribution in [0.1, 0.15) is 12.8 Å². The molecule has 0 heterocycles. The molecule has 0 aliphatic carbocycles. The Bertz CT molecular complexity index is 145. The molecule has 0 aromatic rings. The van der Waals surface area contributed by atoms with Gasteiger partial charge in [0.1, 0.15) is 0 Å². The van der Waals surface area contributed by atoms with Crippen molar-refractivity contribution in [3.63, 3.8) is 0 Å². The molecular weight excluding hydrogens is 212 g/mol. The number of hydrogen-bond donors (Lipinski definition) is 2. The van der Waals surface area contributed by atoms with Gasteiger partial charge in [0.2, 0.25) is 0 Å². The van der Waals surface area contributed by atoms with E-state index in [9.17, 15) is 0 Å². The molecule has 0 aliphatic heterocycles. The first-order valence-electron chi connectivity index (χ1n) is 5.33. The van der Waals surface area contributed by atoms with Crippen LogP contribution in [-0.2, 0) is 13.3 Å². The molecule has 0 spiro atoms. The molecule has 0 atom stereocenters. The first kappa shape index (κ1) is 15.0. The quantitative estimate of drug-likeness (QED) is 0.419. The molecule has 15 heavy (non-hydrogen) atoms. The lowest BCUT2D eigenvalue weighted by Crippen LogP contribution is -2.44. The van der Waals surface area contributed by atoms with E-state index in [-0.39, 0.29) is 0 Å². The van der Waals surface area contributed by atoms with Crippen molar-refractivity contribution < 1.29 is 13.3 Å². The fraction of sp³-hybridized carbons (Fsp3) is 1.00. The molecule has 5 nitrogen and oxygen atoms in total. The summed E-state index contributed by atoms with van der Waals surface area (Å²) in [6.45, 7) is 2.25. The molecule has 0 radical (unpaired) electrons. The molecule has 0 aromatic carbocycles. The van der Waals surface area contributed by atoms with Crippen LogP contribution in [0.4, 0.5) is 0 Å². The average Bonchev–Trinajstić information content (AvgIpc) is 2.29. The minimum absolute atomic E-state index is 0.640. The zero-order valence-corrected chi connectivity index (χ0v) is 11.0. The van der Waals surface area contributed by atoms with Crippen LogP contribution in [0.15, 0.2) is 0 Å². The SMILES string of the molecule is CNCCCO[Si](CCCN)(OC)OC. The molecule has 0 unspecified atom stereocenters. The number of rotatable bonds is 10. The topological polar surface area (TPSA) is 65.7 Å². The van der Waals surface area contributed by atoms with E-state index < -0.39 is 8.80 Å². The maximum absolute atomic E-state index is 5.73. The molecule has 3 N–H and O–H groups in total. The Kier molecular flexibility index (Phi) is 9.27. The molecule has 0 bridgehead atoms. The van der Waals surface area contributed by atoms with Gasteiger partial charge in [-0.25, -0.2) is 0 Å². The normalized spacial score (nSPS) is 12.0. The summed E-state index contributed by atoms with van der Waals surface area (Å²) < 4.78 is 16.5. The highest BCUT2D eigenvalue weighted by atomic mass is 28.4. The summed E-state index contributed by atoms with van der Waals surface area (Å²) in [6, 6.07) is 0.788. The summed E-state index contributed by atoms with van der Waals surface area (Å²) in [5.41, 5.74) is 5.47. The van der Waals surface area contributed by atoms with E-state index in [1.54, 1.807) is 14.2 Å². The number of nitrogens with two attached hydrogens (primary N) is 1. The van der Waals surface area contributed by atoms with Crippen LogP contribution in [0, 0.1) is 0 Å². The smallest absolute Gasteiger partial charge is 0.377 e. The van der Waals surface area contributed by atoms with Gasteiger partial charge in [-0.1, -0.05) is 0 Å². The number of hydrogen-bond acceptors (Lipinski definition) is 5. The molecule has 0 aromatic heterocycles. The Morgan fingerprint density at radius 2 is 1.87 bits per heavy atom. The summed E-state index contributed by atoms with van der Waals surface area (Å²) in [4.78, 5) is 0. The van der Waals surface area contributed by atoms with Crippen LogP contribution in [0.2, 0.25) is 6.04 Å². The average molecular weight is 236 g/mol. The van der Waals surface area contributed by atoms with Gasteiger partial charge in [0.05, 0.1) is 0 Å². The van der Waals surface area contributed by atoms with Crippen molar-refractivity contribution in [2.45, 2.75) is 18.9 Å². The predicted octanol–water partition coefficient (Wildman–Crippen LogP) is 0.193. The zero-order valence-electron chi connectivity index (χ0n) is 10.0. The standard InChI is InChI=1S/C9H24N2O3Si/c1-11-7-5-8-14-15(12-2,13-3)9-4-6-10/h11H,4-10H2,1-3H3. The van der Waals surface area contributed by atoms with Gasteiger partial charge in [-0.3, -0.25) is 0 Å². The van der Waals surface area contributed by atoms with Crippen LogP contribution in [0.5, 0.6) is 0 Å². The molecular formula is C9H24N2O3Si. The summed E-state index contributed by atoms with van der Waals surface area (Å²) in [5, 5.41) is 3.07. The molecule has 0 amide bonds. The Hall–Kier alpha value is 0.0169. The highest BCUT2D eigenvalue weighted by molar-refractivity contribution is 6.60. The predicted molar refractivity (Wildman–Crippen MR) is 62.7 cm³/mol. The molecule has 0 aliphatic rings. The second-order valence-corrected chi connectivity index (χ2v) is 6.26. The highest BCUT2D eigenvalue weighted by Crippen LogP contribution is 2.15. The maximum Gasteiger partial charge on any atom is 0.500 e. The molecule has 0 rings (SSSR count). The van der Waals surface area contributed by atoms with E-state index >= 15 is 0 Å². The van der Waals surface area contributed by atoms with Crippen molar-refractivity contribution in [1.82, 2.24) is 5.32 Å². The lowest BCUT2D eigenvalue weighted by Gasteiger charge is -2.26. The van der Waals surface area contributed by atoms with E-state index in [0.29, 0.717) is 13.2 Å². The van der Waals surface area contributed by atoms with Gasteiger partial charge >= 0.3 is 8.80 Å². The third kappa shape index (κ3) is 6.24. The third-order valence-electron chi connectivity index (χ3n) is 2.20. The van der Waals surface area contributed by atoms with Crippen LogP contribution < -0.4 is 11.1 Å². The largest absolute Gasteiger partial charge is 0.500 e. The van der Waals surface area contributed by atoms with Gasteiger partial charge in [-0.05, 0) is 33.0 Å². The maximum atomic E-state index is 5.73. The van der Waals surface area contributed by atoms with E-state index in [4.69, 9.17) is 19.0 Å². The van der Waals surface area contributed by atoms with Gasteiger partial charge in [-0.15, -0.1) is 0 Å². The van der Waals surface area contributed by atoms with E-state index in [1.807, 2.05) is 7.05 Å². The van der Waals surface area contributed by atoms with Gasteiger partial charge in [0.25, 0.3) is 0 Å². The molecule has 92 valence electrons. The molecule has 6 heteroatoms. The molecule has 0 saturated heterocycles. The second-order valence-electron chi connectivity index (χ2n) is 3.29. The van der Waals surface area contributed by atoms with Crippen LogP contribution >= 0.6 is 0 Å². The fourth-order valence-corrected chi connectivity index (χ4v) is 3.32. The summed E-state index contributed by atoms with van der Waals surface area (Å²) in [6.07, 6.45) is 1.83. The van der Waals surface area contributed by atoms with Crippen molar-refractivity contribution in [2.75, 3.05) is 41.0 Å². The van der Waals surface area contributed by atoms with Crippen molar-refractivity contribution in [1.29, 1.82) is 0 Å². The van der Waals surface area contributed by atoms with Gasteiger partial charge in [0, 0.05) is 26.9 Å². The van der Waals surface area contributed by atoms with Crippen LogP contribution in [0.3, 0.4) is 0 Å². The fourth-order valence-electron chi connectivity index (χ4n) is 1.27. The minimum Gasteiger partial charge on any atom is -0.377 e. The van der Waals surface area contributed by atoms with Gasteiger partial charge in [0.15, 0.2) is 0 Å². The Labute approximate surface area is 93.6 Å². The third-order valence-corrected chi connectivity index (χ3v) is 5.06. The van der Waals surface area contributed by atoms with Gasteiger partial charge in [-0.2, -0.15) is 0 Å². The van der Waals surface area contributed by atoms with Crippen LogP contribution in [-0.4, -0.2) is 49.8 Å². The molecule has 0 saturated carbocycles. The Morgan fingerprint density at radius 3 is 2.33 bits per heavy atom. The van der Waals surface area contributed by atoms with Crippen molar-refractivity contribution in [2.24, 2.45) is 5.73 Å². The van der Waals surface area contributed by atoms with Gasteiger partial charge < -0.3 is 24.3 Å². The first-order chi connectivity index (χ1) is 7.24. The summed E-state index contributed by atoms with van der Waals surface area (Å²) in [5.74, 6) is 0. The van der Waals surface area contributed by atoms with E-state index in [0.717, 1.165) is 25.4 Å². The van der Waals surface area contributed by atoms with E-state index in [2.05, 4.69) is 5.32 Å². The van der Waals surface area contributed by atoms with Crippen molar-refractivity contribution in [3.8, 4) is 0 Å². The second kappa shape index (κ2) is 9.26. The highest BCUT2D eigenvalue weighted by Gasteiger charge is 2.37. The monoisotopic (exact) mass is 236 g/mol. The summed E-state index contributed by atoms with van der Waals surface area (Å²) in [7, 11) is 2.79. The summed E-state index contributed by atoms with van der Waals surface area (Å²) >= 11 is 0. The lowest BCUT2D eigenvalue weighted by atomic mass is 10.5. The van der Waals surface area contributed by atoms with Crippen molar-refractivity contribution >= 4 is 8.80 Å². The number of nitrogens with one attached hydrogen (secondary N) is 1. The van der Waals surface area contributed by atoms with Crippen LogP contribution in [0.25, 0.3) is 0 Å². The molecule has 0 fully saturated rings. The zero-order chi connectivity index (χ0) is 11.6. The first-order valence-corrected chi connectivity index (χ1v) is 7.26. The van der Waals surface area contributed by atoms with E-state index in [1.165, 1.54) is 0 Å². The lowest BCUT2D eigenvalue weighted by molar-refractivity contribution is 0.0968. The minimum atomic E-state index is -2.42. The Morgan fingerprint density at radius 1 is 1.20 bits per heavy atom. The Balaban J connectivity index is 3.88. The van der Waals surface area contributed by atoms with Crippen molar-refractivity contribution in [3.05, 3.63) is 0 Å².